The molecule has 0 fully saturated rings. The lowest BCUT2D eigenvalue weighted by Crippen LogP contribution is -2.44. The maximum absolute atomic E-state index is 13.4. The maximum Gasteiger partial charge on any atom is 0.416 e. The number of hydrogen-bond acceptors (Lipinski definition) is 4. The highest BCUT2D eigenvalue weighted by atomic mass is 19.4. The number of nitrogens with zero attached hydrogens (tertiary/aromatic N) is 3. The van der Waals surface area contributed by atoms with Crippen LogP contribution in [-0.4, -0.2) is 31.4 Å². The number of pyridine rings is 1. The molecule has 186 valence electrons. The van der Waals surface area contributed by atoms with Gasteiger partial charge in [0.15, 0.2) is 0 Å². The summed E-state index contributed by atoms with van der Waals surface area (Å²) in [6.07, 6.45) is -10.1. The molecule has 10 heteroatoms. The molecule has 4 nitrogen and oxygen atoms in total. The van der Waals surface area contributed by atoms with Gasteiger partial charge in [-0.2, -0.15) is 26.3 Å². The molecule has 0 amide bonds. The summed E-state index contributed by atoms with van der Waals surface area (Å²) in [5.74, 6) is 0.411. The number of fused-ring (bicyclic) bond motifs is 1. The molecule has 4 rings (SSSR count). The van der Waals surface area contributed by atoms with Crippen LogP contribution in [0.25, 0.3) is 0 Å². The second-order valence-electron chi connectivity index (χ2n) is 8.24. The molecule has 1 atom stereocenters. The van der Waals surface area contributed by atoms with Gasteiger partial charge in [-0.3, -0.25) is 0 Å². The fourth-order valence-corrected chi connectivity index (χ4v) is 4.28. The van der Waals surface area contributed by atoms with Crippen molar-refractivity contribution in [1.29, 1.82) is 0 Å². The zero-order valence-electron chi connectivity index (χ0n) is 18.8. The summed E-state index contributed by atoms with van der Waals surface area (Å²) in [6.45, 7) is 0.0958. The van der Waals surface area contributed by atoms with Gasteiger partial charge in [-0.1, -0.05) is 30.3 Å². The number of hydrogen-bond donors (Lipinski definition) is 0. The highest BCUT2D eigenvalue weighted by Gasteiger charge is 2.37. The summed E-state index contributed by atoms with van der Waals surface area (Å²) >= 11 is 0. The van der Waals surface area contributed by atoms with E-state index in [4.69, 9.17) is 4.74 Å². The zero-order valence-corrected chi connectivity index (χ0v) is 18.8. The van der Waals surface area contributed by atoms with Crippen molar-refractivity contribution in [3.05, 3.63) is 83.6 Å². The number of halogens is 6. The molecule has 0 N–H and O–H groups in total. The third kappa shape index (κ3) is 5.80. The Morgan fingerprint density at radius 2 is 1.63 bits per heavy atom. The lowest BCUT2D eigenvalue weighted by atomic mass is 9.97. The van der Waals surface area contributed by atoms with E-state index in [1.165, 1.54) is 19.2 Å². The van der Waals surface area contributed by atoms with Crippen LogP contribution in [0.2, 0.25) is 0 Å². The van der Waals surface area contributed by atoms with Gasteiger partial charge in [-0.15, -0.1) is 0 Å². The molecule has 2 aromatic carbocycles. The number of anilines is 2. The summed E-state index contributed by atoms with van der Waals surface area (Å²) in [6, 6.07) is 16.3. The minimum atomic E-state index is -4.57. The molecular weight excluding hydrogens is 472 g/mol. The predicted molar refractivity (Wildman–Crippen MR) is 120 cm³/mol. The SMILES string of the molecule is COc1cccc(CN2C[C@@H](c3cccc(C(F)(F)F)c3)N(CCC(F)(F)F)c3ccccc32)n1. The van der Waals surface area contributed by atoms with Crippen LogP contribution in [0, 0.1) is 0 Å². The average molecular weight is 495 g/mol. The minimum Gasteiger partial charge on any atom is -0.481 e. The van der Waals surface area contributed by atoms with Crippen LogP contribution in [-0.2, 0) is 12.7 Å². The van der Waals surface area contributed by atoms with E-state index in [1.54, 1.807) is 47.4 Å². The van der Waals surface area contributed by atoms with Gasteiger partial charge < -0.3 is 14.5 Å². The molecule has 3 aromatic rings. The van der Waals surface area contributed by atoms with Gasteiger partial charge in [-0.05, 0) is 35.9 Å². The van der Waals surface area contributed by atoms with E-state index in [0.29, 0.717) is 35.1 Å². The number of ether oxygens (including phenoxy) is 1. The first-order valence-electron chi connectivity index (χ1n) is 10.9. The Morgan fingerprint density at radius 1 is 0.914 bits per heavy atom. The fourth-order valence-electron chi connectivity index (χ4n) is 4.28. The molecule has 1 aromatic heterocycles. The van der Waals surface area contributed by atoms with Crippen LogP contribution >= 0.6 is 0 Å². The van der Waals surface area contributed by atoms with Gasteiger partial charge in [0.1, 0.15) is 0 Å². The molecule has 2 heterocycles. The normalized spacial score (nSPS) is 16.3. The Kier molecular flexibility index (Phi) is 6.82. The third-order valence-electron chi connectivity index (χ3n) is 5.88. The van der Waals surface area contributed by atoms with Crippen molar-refractivity contribution in [2.45, 2.75) is 31.4 Å². The number of benzene rings is 2. The van der Waals surface area contributed by atoms with Crippen LogP contribution < -0.4 is 14.5 Å². The van der Waals surface area contributed by atoms with Crippen LogP contribution in [0.3, 0.4) is 0 Å². The smallest absolute Gasteiger partial charge is 0.416 e. The van der Waals surface area contributed by atoms with Gasteiger partial charge in [0, 0.05) is 19.2 Å². The van der Waals surface area contributed by atoms with E-state index < -0.39 is 30.4 Å². The fraction of sp³-hybridized carbons (Fsp3) is 0.320. The highest BCUT2D eigenvalue weighted by Crippen LogP contribution is 2.43. The van der Waals surface area contributed by atoms with Crippen LogP contribution in [0.4, 0.5) is 37.7 Å². The van der Waals surface area contributed by atoms with Crippen LogP contribution in [0.15, 0.2) is 66.7 Å². The van der Waals surface area contributed by atoms with Crippen molar-refractivity contribution in [3.63, 3.8) is 0 Å². The molecule has 0 bridgehead atoms. The molecule has 35 heavy (non-hydrogen) atoms. The first-order chi connectivity index (χ1) is 16.5. The van der Waals surface area contributed by atoms with Gasteiger partial charge in [0.2, 0.25) is 5.88 Å². The Balaban J connectivity index is 1.76. The average Bonchev–Trinajstić information content (AvgIpc) is 2.82. The minimum absolute atomic E-state index is 0.176. The number of para-hydroxylation sites is 2. The van der Waals surface area contributed by atoms with Gasteiger partial charge in [0.05, 0.1) is 48.7 Å². The molecule has 0 spiro atoms. The number of methoxy groups -OCH3 is 1. The lowest BCUT2D eigenvalue weighted by Gasteiger charge is -2.45. The predicted octanol–water partition coefficient (Wildman–Crippen LogP) is 6.63. The van der Waals surface area contributed by atoms with E-state index in [0.717, 1.165) is 12.1 Å². The molecule has 0 radical (unpaired) electrons. The van der Waals surface area contributed by atoms with Crippen LogP contribution in [0.5, 0.6) is 5.88 Å². The van der Waals surface area contributed by atoms with E-state index in [-0.39, 0.29) is 13.1 Å². The Bertz CT molecular complexity index is 1160. The topological polar surface area (TPSA) is 28.6 Å². The first-order valence-corrected chi connectivity index (χ1v) is 10.9. The van der Waals surface area contributed by atoms with Crippen molar-refractivity contribution in [3.8, 4) is 5.88 Å². The van der Waals surface area contributed by atoms with Crippen molar-refractivity contribution in [2.24, 2.45) is 0 Å². The summed E-state index contributed by atoms with van der Waals surface area (Å²) in [4.78, 5) is 7.89. The van der Waals surface area contributed by atoms with E-state index in [2.05, 4.69) is 4.98 Å². The Labute approximate surface area is 198 Å². The molecule has 0 saturated carbocycles. The van der Waals surface area contributed by atoms with Crippen molar-refractivity contribution < 1.29 is 31.1 Å². The molecule has 0 aliphatic carbocycles. The maximum atomic E-state index is 13.4. The largest absolute Gasteiger partial charge is 0.481 e. The van der Waals surface area contributed by atoms with Gasteiger partial charge in [-0.25, -0.2) is 4.98 Å². The second-order valence-corrected chi connectivity index (χ2v) is 8.24. The van der Waals surface area contributed by atoms with Crippen LogP contribution in [0.1, 0.15) is 29.3 Å². The monoisotopic (exact) mass is 495 g/mol. The third-order valence-corrected chi connectivity index (χ3v) is 5.88. The quantitative estimate of drug-likeness (QED) is 0.359. The summed E-state index contributed by atoms with van der Waals surface area (Å²) < 4.78 is 84.9. The standard InChI is InChI=1S/C25H23F6N3O/c1-35-23-11-5-8-19(32-23)15-33-16-22(17-6-4-7-18(14-17)25(29,30)31)34(13-12-24(26,27)28)21-10-3-2-9-20(21)33/h2-11,14,22H,12-13,15-16H2,1H3/t22-/m0/s1. The highest BCUT2D eigenvalue weighted by molar-refractivity contribution is 5.74. The molecule has 1 aliphatic heterocycles. The lowest BCUT2D eigenvalue weighted by molar-refractivity contribution is -0.137. The molecular formula is C25H23F6N3O. The molecule has 0 saturated heterocycles. The van der Waals surface area contributed by atoms with E-state index in [1.807, 2.05) is 4.90 Å². The number of aromatic nitrogens is 1. The summed E-state index contributed by atoms with van der Waals surface area (Å²) in [5.41, 5.74) is 1.31. The van der Waals surface area contributed by atoms with E-state index >= 15 is 0 Å². The summed E-state index contributed by atoms with van der Waals surface area (Å²) in [7, 11) is 1.49. The first kappa shape index (κ1) is 24.7. The number of rotatable bonds is 6. The van der Waals surface area contributed by atoms with Gasteiger partial charge >= 0.3 is 12.4 Å². The van der Waals surface area contributed by atoms with Crippen molar-refractivity contribution >= 4 is 11.4 Å². The summed E-state index contributed by atoms with van der Waals surface area (Å²) in [5, 5.41) is 0. The van der Waals surface area contributed by atoms with E-state index in [9.17, 15) is 26.3 Å². The van der Waals surface area contributed by atoms with Crippen molar-refractivity contribution in [1.82, 2.24) is 4.98 Å². The Hall–Kier alpha value is -3.43. The number of alkyl halides is 6. The van der Waals surface area contributed by atoms with Gasteiger partial charge in [0.25, 0.3) is 0 Å². The van der Waals surface area contributed by atoms with Crippen molar-refractivity contribution in [2.75, 3.05) is 30.0 Å². The molecule has 1 aliphatic rings. The second kappa shape index (κ2) is 9.67. The zero-order chi connectivity index (χ0) is 25.2. The Morgan fingerprint density at radius 3 is 2.31 bits per heavy atom. The molecule has 0 unspecified atom stereocenters.